The van der Waals surface area contributed by atoms with E-state index in [9.17, 15) is 4.79 Å². The molecular formula is C23H26N4O6. The molecule has 1 saturated heterocycles. The number of rotatable bonds is 8. The van der Waals surface area contributed by atoms with Gasteiger partial charge in [-0.1, -0.05) is 0 Å². The summed E-state index contributed by atoms with van der Waals surface area (Å²) in [6.45, 7) is 4.15. The fraction of sp³-hybridized carbons (Fsp3) is 0.348. The monoisotopic (exact) mass is 454 g/mol. The second-order valence-electron chi connectivity index (χ2n) is 7.24. The summed E-state index contributed by atoms with van der Waals surface area (Å²) in [5, 5.41) is 3.39. The van der Waals surface area contributed by atoms with Crippen LogP contribution in [0.5, 0.6) is 23.1 Å². The quantitative estimate of drug-likeness (QED) is 0.549. The second kappa shape index (κ2) is 10.8. The van der Waals surface area contributed by atoms with Gasteiger partial charge < -0.3 is 23.7 Å². The van der Waals surface area contributed by atoms with Gasteiger partial charge in [0.1, 0.15) is 18.7 Å². The first-order valence-electron chi connectivity index (χ1n) is 10.5. The molecule has 1 aliphatic rings. The molecule has 10 nitrogen and oxygen atoms in total. The largest absolute Gasteiger partial charge is 0.493 e. The molecule has 2 aromatic carbocycles. The lowest BCUT2D eigenvalue weighted by Crippen LogP contribution is -2.38. The van der Waals surface area contributed by atoms with E-state index in [4.69, 9.17) is 23.7 Å². The van der Waals surface area contributed by atoms with Gasteiger partial charge in [-0.3, -0.25) is 10.2 Å². The number of fused-ring (bicyclic) bond motifs is 1. The van der Waals surface area contributed by atoms with Crippen LogP contribution in [0.25, 0.3) is 10.9 Å². The SMILES string of the molecule is COc1cc2ncnc(Oc3ccc(NC(=O)OCCN4CCOCC4)cc3)c2cc1OC. The summed E-state index contributed by atoms with van der Waals surface area (Å²) < 4.78 is 27.2. The Balaban J connectivity index is 1.35. The van der Waals surface area contributed by atoms with Crippen molar-refractivity contribution in [3.63, 3.8) is 0 Å². The standard InChI is InChI=1S/C23H26N4O6/c1-29-20-13-18-19(14-21(20)30-2)24-15-25-22(18)33-17-5-3-16(4-6-17)26-23(28)32-12-9-27-7-10-31-11-8-27/h3-6,13-15H,7-12H2,1-2H3,(H,26,28). The van der Waals surface area contributed by atoms with Crippen molar-refractivity contribution < 1.29 is 28.5 Å². The van der Waals surface area contributed by atoms with Gasteiger partial charge in [0.2, 0.25) is 5.88 Å². The molecular weight excluding hydrogens is 428 g/mol. The number of hydrogen-bond donors (Lipinski definition) is 1. The highest BCUT2D eigenvalue weighted by molar-refractivity contribution is 5.87. The van der Waals surface area contributed by atoms with Crippen LogP contribution < -0.4 is 19.5 Å². The maximum atomic E-state index is 12.0. The maximum absolute atomic E-state index is 12.0. The highest BCUT2D eigenvalue weighted by Gasteiger charge is 2.13. The average molecular weight is 454 g/mol. The molecule has 0 bridgehead atoms. The molecule has 1 amide bonds. The number of carbonyl (C=O) groups excluding carboxylic acids is 1. The van der Waals surface area contributed by atoms with E-state index < -0.39 is 6.09 Å². The Morgan fingerprint density at radius 3 is 2.52 bits per heavy atom. The number of nitrogens with zero attached hydrogens (tertiary/aromatic N) is 3. The summed E-state index contributed by atoms with van der Waals surface area (Å²) in [5.74, 6) is 2.05. The molecule has 1 aromatic heterocycles. The molecule has 0 saturated carbocycles. The van der Waals surface area contributed by atoms with E-state index in [0.717, 1.165) is 13.1 Å². The van der Waals surface area contributed by atoms with E-state index in [0.29, 0.717) is 66.1 Å². The number of amides is 1. The number of hydrogen-bond acceptors (Lipinski definition) is 9. The lowest BCUT2D eigenvalue weighted by Gasteiger charge is -2.26. The Morgan fingerprint density at radius 2 is 1.79 bits per heavy atom. The van der Waals surface area contributed by atoms with Gasteiger partial charge in [0.05, 0.1) is 38.3 Å². The minimum Gasteiger partial charge on any atom is -0.493 e. The van der Waals surface area contributed by atoms with Crippen molar-refractivity contribution in [2.24, 2.45) is 0 Å². The zero-order valence-corrected chi connectivity index (χ0v) is 18.6. The van der Waals surface area contributed by atoms with Crippen molar-refractivity contribution in [3.8, 4) is 23.1 Å². The number of ether oxygens (including phenoxy) is 5. The lowest BCUT2D eigenvalue weighted by atomic mass is 10.2. The summed E-state index contributed by atoms with van der Waals surface area (Å²) >= 11 is 0. The molecule has 0 unspecified atom stereocenters. The van der Waals surface area contributed by atoms with Gasteiger partial charge in [0, 0.05) is 31.4 Å². The molecule has 10 heteroatoms. The van der Waals surface area contributed by atoms with Crippen LogP contribution in [0.15, 0.2) is 42.7 Å². The van der Waals surface area contributed by atoms with Crippen LogP contribution in [-0.2, 0) is 9.47 Å². The molecule has 2 heterocycles. The van der Waals surface area contributed by atoms with Crippen LogP contribution in [0.2, 0.25) is 0 Å². The zero-order chi connectivity index (χ0) is 23.0. The summed E-state index contributed by atoms with van der Waals surface area (Å²) in [6.07, 6.45) is 0.923. The van der Waals surface area contributed by atoms with Gasteiger partial charge in [-0.15, -0.1) is 0 Å². The van der Waals surface area contributed by atoms with Crippen LogP contribution in [0.4, 0.5) is 10.5 Å². The molecule has 0 aliphatic carbocycles. The second-order valence-corrected chi connectivity index (χ2v) is 7.24. The third-order valence-electron chi connectivity index (χ3n) is 5.16. The smallest absolute Gasteiger partial charge is 0.411 e. The third-order valence-corrected chi connectivity index (χ3v) is 5.16. The molecule has 33 heavy (non-hydrogen) atoms. The van der Waals surface area contributed by atoms with Crippen molar-refractivity contribution in [2.45, 2.75) is 0 Å². The fourth-order valence-corrected chi connectivity index (χ4v) is 3.40. The lowest BCUT2D eigenvalue weighted by molar-refractivity contribution is 0.0290. The van der Waals surface area contributed by atoms with E-state index in [2.05, 4.69) is 20.2 Å². The summed E-state index contributed by atoms with van der Waals surface area (Å²) in [6, 6.07) is 10.5. The molecule has 0 radical (unpaired) electrons. The fourth-order valence-electron chi connectivity index (χ4n) is 3.40. The first-order valence-corrected chi connectivity index (χ1v) is 10.5. The van der Waals surface area contributed by atoms with Gasteiger partial charge in [-0.05, 0) is 30.3 Å². The number of carbonyl (C=O) groups is 1. The van der Waals surface area contributed by atoms with E-state index in [1.54, 1.807) is 50.6 Å². The predicted octanol–water partition coefficient (Wildman–Crippen LogP) is 3.32. The highest BCUT2D eigenvalue weighted by Crippen LogP contribution is 2.35. The molecule has 174 valence electrons. The Kier molecular flexibility index (Phi) is 7.38. The van der Waals surface area contributed by atoms with Gasteiger partial charge in [-0.25, -0.2) is 14.8 Å². The zero-order valence-electron chi connectivity index (χ0n) is 18.6. The molecule has 1 aliphatic heterocycles. The Bertz CT molecular complexity index is 1090. The van der Waals surface area contributed by atoms with Gasteiger partial charge in [-0.2, -0.15) is 0 Å². The van der Waals surface area contributed by atoms with Crippen LogP contribution in [0.1, 0.15) is 0 Å². The highest BCUT2D eigenvalue weighted by atomic mass is 16.5. The average Bonchev–Trinajstić information content (AvgIpc) is 2.85. The minimum atomic E-state index is -0.500. The molecule has 1 N–H and O–H groups in total. The Morgan fingerprint density at radius 1 is 1.06 bits per heavy atom. The van der Waals surface area contributed by atoms with Crippen molar-refractivity contribution in [2.75, 3.05) is 59.0 Å². The topological polar surface area (TPSA) is 104 Å². The minimum absolute atomic E-state index is 0.321. The van der Waals surface area contributed by atoms with Crippen molar-refractivity contribution >= 4 is 22.7 Å². The normalized spacial score (nSPS) is 14.0. The number of methoxy groups -OCH3 is 2. The molecule has 0 spiro atoms. The van der Waals surface area contributed by atoms with Gasteiger partial charge in [0.25, 0.3) is 0 Å². The first-order chi connectivity index (χ1) is 16.2. The van der Waals surface area contributed by atoms with E-state index in [1.165, 1.54) is 6.33 Å². The number of morpholine rings is 1. The van der Waals surface area contributed by atoms with Gasteiger partial charge >= 0.3 is 6.09 Å². The Labute approximate surface area is 191 Å². The molecule has 3 aromatic rings. The summed E-state index contributed by atoms with van der Waals surface area (Å²) in [5.41, 5.74) is 1.26. The number of anilines is 1. The molecule has 4 rings (SSSR count). The van der Waals surface area contributed by atoms with Gasteiger partial charge in [0.15, 0.2) is 11.5 Å². The molecule has 1 fully saturated rings. The Hall–Kier alpha value is -3.63. The van der Waals surface area contributed by atoms with E-state index in [-0.39, 0.29) is 0 Å². The molecule has 0 atom stereocenters. The number of aromatic nitrogens is 2. The predicted molar refractivity (Wildman–Crippen MR) is 121 cm³/mol. The van der Waals surface area contributed by atoms with Crippen molar-refractivity contribution in [1.29, 1.82) is 0 Å². The van der Waals surface area contributed by atoms with Crippen LogP contribution >= 0.6 is 0 Å². The summed E-state index contributed by atoms with van der Waals surface area (Å²) in [4.78, 5) is 22.8. The van der Waals surface area contributed by atoms with Crippen LogP contribution in [0.3, 0.4) is 0 Å². The van der Waals surface area contributed by atoms with Crippen LogP contribution in [-0.4, -0.2) is 74.6 Å². The first kappa shape index (κ1) is 22.6. The van der Waals surface area contributed by atoms with E-state index >= 15 is 0 Å². The number of nitrogens with one attached hydrogen (secondary N) is 1. The van der Waals surface area contributed by atoms with Crippen molar-refractivity contribution in [1.82, 2.24) is 14.9 Å². The number of benzene rings is 2. The van der Waals surface area contributed by atoms with Crippen LogP contribution in [0, 0.1) is 0 Å². The van der Waals surface area contributed by atoms with Crippen molar-refractivity contribution in [3.05, 3.63) is 42.7 Å². The van der Waals surface area contributed by atoms with E-state index in [1.807, 2.05) is 0 Å². The third kappa shape index (κ3) is 5.79. The summed E-state index contributed by atoms with van der Waals surface area (Å²) in [7, 11) is 3.13. The maximum Gasteiger partial charge on any atom is 0.411 e.